The Morgan fingerprint density at radius 3 is 2.62 bits per heavy atom. The second kappa shape index (κ2) is 3.95. The monoisotopic (exact) mass is 244 g/mol. The highest BCUT2D eigenvalue weighted by Gasteiger charge is 2.25. The van der Waals surface area contributed by atoms with Crippen molar-refractivity contribution < 1.29 is 23.0 Å². The van der Waals surface area contributed by atoms with Crippen LogP contribution in [0.1, 0.15) is 5.56 Å². The van der Waals surface area contributed by atoms with Gasteiger partial charge in [0.2, 0.25) is 0 Å². The molecule has 0 unspecified atom stereocenters. The molecule has 0 saturated carbocycles. The number of hydrogen-bond donors (Lipinski definition) is 1. The lowest BCUT2D eigenvalue weighted by molar-refractivity contribution is 0.165. The number of aliphatic hydroxyl groups is 1. The molecule has 0 radical (unpaired) electrons. The predicted molar refractivity (Wildman–Crippen MR) is 56.5 cm³/mol. The van der Waals surface area contributed by atoms with E-state index in [0.29, 0.717) is 24.5 Å². The topological polar surface area (TPSA) is 72.8 Å². The summed E-state index contributed by atoms with van der Waals surface area (Å²) in [5, 5.41) is 9.12. The van der Waals surface area contributed by atoms with Crippen LogP contribution in [0.25, 0.3) is 0 Å². The van der Waals surface area contributed by atoms with Crippen LogP contribution in [-0.2, 0) is 16.4 Å². The minimum Gasteiger partial charge on any atom is -0.486 e. The Bertz CT molecular complexity index is 506. The summed E-state index contributed by atoms with van der Waals surface area (Å²) in [6.07, 6.45) is 1.08. The maximum absolute atomic E-state index is 11.6. The van der Waals surface area contributed by atoms with E-state index in [-0.39, 0.29) is 17.3 Å². The van der Waals surface area contributed by atoms with Gasteiger partial charge in [0.25, 0.3) is 0 Å². The van der Waals surface area contributed by atoms with Gasteiger partial charge in [-0.05, 0) is 6.07 Å². The van der Waals surface area contributed by atoms with Crippen molar-refractivity contribution in [3.05, 3.63) is 17.7 Å². The molecule has 88 valence electrons. The summed E-state index contributed by atoms with van der Waals surface area (Å²) in [4.78, 5) is 0.0206. The maximum atomic E-state index is 11.6. The zero-order valence-corrected chi connectivity index (χ0v) is 9.58. The highest BCUT2D eigenvalue weighted by Crippen LogP contribution is 2.38. The van der Waals surface area contributed by atoms with Gasteiger partial charge in [0.15, 0.2) is 21.3 Å². The number of aliphatic hydroxyl groups excluding tert-OH is 1. The van der Waals surface area contributed by atoms with Gasteiger partial charge in [-0.25, -0.2) is 8.42 Å². The van der Waals surface area contributed by atoms with Crippen LogP contribution >= 0.6 is 0 Å². The lowest BCUT2D eigenvalue weighted by Crippen LogP contribution is -2.18. The van der Waals surface area contributed by atoms with Crippen molar-refractivity contribution in [2.45, 2.75) is 11.5 Å². The molecule has 0 saturated heterocycles. The lowest BCUT2D eigenvalue weighted by Gasteiger charge is -2.21. The van der Waals surface area contributed by atoms with E-state index in [0.717, 1.165) is 6.26 Å². The third kappa shape index (κ3) is 1.85. The first kappa shape index (κ1) is 11.2. The van der Waals surface area contributed by atoms with E-state index in [1.807, 2.05) is 0 Å². The SMILES string of the molecule is CS(=O)(=O)c1c(CO)ccc2c1OCCO2. The van der Waals surface area contributed by atoms with Crippen molar-refractivity contribution in [1.82, 2.24) is 0 Å². The first-order chi connectivity index (χ1) is 7.54. The average Bonchev–Trinajstić information content (AvgIpc) is 2.26. The fourth-order valence-corrected chi connectivity index (χ4v) is 2.77. The molecular formula is C10H12O5S. The van der Waals surface area contributed by atoms with Crippen LogP contribution < -0.4 is 9.47 Å². The summed E-state index contributed by atoms with van der Waals surface area (Å²) < 4.78 is 33.9. The van der Waals surface area contributed by atoms with Gasteiger partial charge < -0.3 is 14.6 Å². The van der Waals surface area contributed by atoms with E-state index in [4.69, 9.17) is 14.6 Å². The van der Waals surface area contributed by atoms with Crippen LogP contribution in [-0.4, -0.2) is 33.0 Å². The molecule has 0 aliphatic carbocycles. The summed E-state index contributed by atoms with van der Waals surface area (Å²) in [6.45, 7) is 0.359. The molecule has 0 amide bonds. The van der Waals surface area contributed by atoms with E-state index in [1.165, 1.54) is 6.07 Å². The quantitative estimate of drug-likeness (QED) is 0.812. The van der Waals surface area contributed by atoms with Crippen LogP contribution in [0.5, 0.6) is 11.5 Å². The predicted octanol–water partition coefficient (Wildman–Crippen LogP) is 0.354. The van der Waals surface area contributed by atoms with Gasteiger partial charge in [0.05, 0.1) is 6.61 Å². The van der Waals surface area contributed by atoms with E-state index in [9.17, 15) is 8.42 Å². The van der Waals surface area contributed by atoms with Gasteiger partial charge in [-0.15, -0.1) is 0 Å². The molecule has 1 N–H and O–H groups in total. The minimum absolute atomic E-state index is 0.0206. The molecule has 0 fully saturated rings. The number of ether oxygens (including phenoxy) is 2. The molecule has 0 bridgehead atoms. The average molecular weight is 244 g/mol. The zero-order chi connectivity index (χ0) is 11.8. The van der Waals surface area contributed by atoms with Crippen molar-refractivity contribution in [3.63, 3.8) is 0 Å². The Morgan fingerprint density at radius 1 is 1.31 bits per heavy atom. The molecule has 5 nitrogen and oxygen atoms in total. The zero-order valence-electron chi connectivity index (χ0n) is 8.76. The van der Waals surface area contributed by atoms with Crippen LogP contribution in [0.3, 0.4) is 0 Å². The Labute approximate surface area is 93.5 Å². The van der Waals surface area contributed by atoms with E-state index in [1.54, 1.807) is 6.07 Å². The van der Waals surface area contributed by atoms with Gasteiger partial charge in [0, 0.05) is 11.8 Å². The molecule has 1 aromatic rings. The first-order valence-corrected chi connectivity index (χ1v) is 6.65. The minimum atomic E-state index is -3.45. The highest BCUT2D eigenvalue weighted by molar-refractivity contribution is 7.90. The van der Waals surface area contributed by atoms with Gasteiger partial charge in [0.1, 0.15) is 18.1 Å². The van der Waals surface area contributed by atoms with Crippen molar-refractivity contribution in [2.24, 2.45) is 0 Å². The van der Waals surface area contributed by atoms with E-state index >= 15 is 0 Å². The molecule has 0 atom stereocenters. The van der Waals surface area contributed by atoms with Crippen LogP contribution in [0.15, 0.2) is 17.0 Å². The van der Waals surface area contributed by atoms with E-state index in [2.05, 4.69) is 0 Å². The number of sulfone groups is 1. The van der Waals surface area contributed by atoms with Crippen LogP contribution in [0.2, 0.25) is 0 Å². The number of hydrogen-bond acceptors (Lipinski definition) is 5. The van der Waals surface area contributed by atoms with Gasteiger partial charge in [-0.3, -0.25) is 0 Å². The molecule has 1 aliphatic heterocycles. The fourth-order valence-electron chi connectivity index (χ4n) is 1.66. The fraction of sp³-hybridized carbons (Fsp3) is 0.400. The Kier molecular flexibility index (Phi) is 2.77. The summed E-state index contributed by atoms with van der Waals surface area (Å²) in [6, 6.07) is 3.14. The number of fused-ring (bicyclic) bond motifs is 1. The van der Waals surface area contributed by atoms with Gasteiger partial charge in [-0.1, -0.05) is 6.07 Å². The summed E-state index contributed by atoms with van der Waals surface area (Å²) >= 11 is 0. The molecule has 0 spiro atoms. The number of benzene rings is 1. The smallest absolute Gasteiger partial charge is 0.180 e. The molecule has 16 heavy (non-hydrogen) atoms. The van der Waals surface area contributed by atoms with Crippen LogP contribution in [0.4, 0.5) is 0 Å². The Balaban J connectivity index is 2.71. The van der Waals surface area contributed by atoms with Gasteiger partial charge in [-0.2, -0.15) is 0 Å². The lowest BCUT2D eigenvalue weighted by atomic mass is 10.2. The summed E-state index contributed by atoms with van der Waals surface area (Å²) in [5.74, 6) is 0.615. The maximum Gasteiger partial charge on any atom is 0.180 e. The molecule has 0 aromatic heterocycles. The van der Waals surface area contributed by atoms with Crippen molar-refractivity contribution >= 4 is 9.84 Å². The third-order valence-corrected chi connectivity index (χ3v) is 3.48. The molecule has 1 heterocycles. The summed E-state index contributed by atoms with van der Waals surface area (Å²) in [7, 11) is -3.45. The standard InChI is InChI=1S/C10H12O5S/c1-16(12,13)10-7(6-11)2-3-8-9(10)15-5-4-14-8/h2-3,11H,4-6H2,1H3. The molecular weight excluding hydrogens is 232 g/mol. The van der Waals surface area contributed by atoms with Gasteiger partial charge >= 0.3 is 0 Å². The largest absolute Gasteiger partial charge is 0.486 e. The molecule has 6 heteroatoms. The molecule has 1 aliphatic rings. The molecule has 2 rings (SSSR count). The van der Waals surface area contributed by atoms with Crippen molar-refractivity contribution in [3.8, 4) is 11.5 Å². The highest BCUT2D eigenvalue weighted by atomic mass is 32.2. The van der Waals surface area contributed by atoms with E-state index < -0.39 is 9.84 Å². The first-order valence-electron chi connectivity index (χ1n) is 4.76. The van der Waals surface area contributed by atoms with Crippen molar-refractivity contribution in [2.75, 3.05) is 19.5 Å². The second-order valence-corrected chi connectivity index (χ2v) is 5.46. The number of rotatable bonds is 2. The second-order valence-electron chi connectivity index (χ2n) is 3.51. The van der Waals surface area contributed by atoms with Crippen LogP contribution in [0, 0.1) is 0 Å². The summed E-state index contributed by atoms with van der Waals surface area (Å²) in [5.41, 5.74) is 0.326. The Morgan fingerprint density at radius 2 is 2.00 bits per heavy atom. The third-order valence-electron chi connectivity index (χ3n) is 2.29. The molecule has 1 aromatic carbocycles. The Hall–Kier alpha value is -1.27. The van der Waals surface area contributed by atoms with Crippen molar-refractivity contribution in [1.29, 1.82) is 0 Å². The normalized spacial score (nSPS) is 14.9.